The minimum absolute atomic E-state index is 0.312. The molecule has 0 saturated carbocycles. The molecular formula is C18H21ClN2O3S. The lowest BCUT2D eigenvalue weighted by atomic mass is 10.1. The third-order valence-electron chi connectivity index (χ3n) is 3.72. The van der Waals surface area contributed by atoms with Crippen LogP contribution in [0.25, 0.3) is 0 Å². The lowest BCUT2D eigenvalue weighted by Gasteiger charge is -2.23. The molecule has 7 heteroatoms. The Hall–Kier alpha value is -2.05. The lowest BCUT2D eigenvalue weighted by Crippen LogP contribution is -2.37. The molecule has 134 valence electrons. The third-order valence-corrected chi connectivity index (χ3v) is 5.27. The second-order valence-electron chi connectivity index (χ2n) is 6.08. The number of hydrogen-bond acceptors (Lipinski definition) is 3. The number of nitrogens with one attached hydrogen (secondary N) is 1. The highest BCUT2D eigenvalue weighted by molar-refractivity contribution is 7.92. The summed E-state index contributed by atoms with van der Waals surface area (Å²) in [5, 5.41) is 3.26. The average Bonchev–Trinajstić information content (AvgIpc) is 2.47. The number of nitrogens with zero attached hydrogens (tertiary/aromatic N) is 1. The minimum atomic E-state index is -3.61. The van der Waals surface area contributed by atoms with Crippen molar-refractivity contribution < 1.29 is 13.2 Å². The van der Waals surface area contributed by atoms with E-state index in [0.717, 1.165) is 27.3 Å². The van der Waals surface area contributed by atoms with Crippen molar-refractivity contribution in [3.63, 3.8) is 0 Å². The van der Waals surface area contributed by atoms with Crippen LogP contribution < -0.4 is 9.62 Å². The summed E-state index contributed by atoms with van der Waals surface area (Å²) >= 11 is 6.05. The molecule has 5 nitrogen and oxygen atoms in total. The molecule has 0 aromatic heterocycles. The monoisotopic (exact) mass is 380 g/mol. The Labute approximate surface area is 153 Å². The van der Waals surface area contributed by atoms with Gasteiger partial charge >= 0.3 is 0 Å². The molecule has 0 bridgehead atoms. The Morgan fingerprint density at radius 2 is 1.72 bits per heavy atom. The first-order valence-electron chi connectivity index (χ1n) is 7.69. The fraction of sp³-hybridized carbons (Fsp3) is 0.278. The van der Waals surface area contributed by atoms with Crippen LogP contribution in [-0.2, 0) is 14.8 Å². The summed E-state index contributed by atoms with van der Waals surface area (Å²) in [4.78, 5) is 12.4. The Morgan fingerprint density at radius 3 is 2.28 bits per heavy atom. The number of carbonyl (C=O) groups excluding carboxylic acids is 1. The molecule has 1 amide bonds. The van der Waals surface area contributed by atoms with Crippen LogP contribution in [0.5, 0.6) is 0 Å². The highest BCUT2D eigenvalue weighted by Gasteiger charge is 2.21. The first kappa shape index (κ1) is 19.3. The number of amides is 1. The van der Waals surface area contributed by atoms with Gasteiger partial charge in [0.05, 0.1) is 11.9 Å². The Morgan fingerprint density at radius 1 is 1.12 bits per heavy atom. The summed E-state index contributed by atoms with van der Waals surface area (Å²) in [5.74, 6) is -0.435. The molecule has 0 heterocycles. The van der Waals surface area contributed by atoms with Crippen molar-refractivity contribution in [2.45, 2.75) is 20.8 Å². The first-order valence-corrected chi connectivity index (χ1v) is 9.91. The van der Waals surface area contributed by atoms with Crippen LogP contribution in [0.3, 0.4) is 0 Å². The molecule has 0 radical (unpaired) electrons. The van der Waals surface area contributed by atoms with Crippen LogP contribution in [0.2, 0.25) is 5.02 Å². The van der Waals surface area contributed by atoms with E-state index in [1.807, 2.05) is 19.9 Å². The molecular weight excluding hydrogens is 360 g/mol. The quantitative estimate of drug-likeness (QED) is 0.860. The second-order valence-corrected chi connectivity index (χ2v) is 8.39. The smallest absolute Gasteiger partial charge is 0.245 e. The fourth-order valence-electron chi connectivity index (χ4n) is 2.56. The summed E-state index contributed by atoms with van der Waals surface area (Å²) in [5.41, 5.74) is 3.61. The van der Waals surface area contributed by atoms with Crippen molar-refractivity contribution in [3.8, 4) is 0 Å². The van der Waals surface area contributed by atoms with Crippen LogP contribution >= 0.6 is 11.6 Å². The SMILES string of the molecule is Cc1cc(C)cc(N(CC(=O)Nc2cccc(Cl)c2C)S(C)(=O)=O)c1. The van der Waals surface area contributed by atoms with Crippen LogP contribution in [0, 0.1) is 20.8 Å². The number of halogens is 1. The molecule has 0 spiro atoms. The van der Waals surface area contributed by atoms with Gasteiger partial charge in [0.1, 0.15) is 6.54 Å². The zero-order valence-corrected chi connectivity index (χ0v) is 16.2. The van der Waals surface area contributed by atoms with Crippen molar-refractivity contribution in [1.29, 1.82) is 0 Å². The Bertz CT molecular complexity index is 890. The van der Waals surface area contributed by atoms with Gasteiger partial charge in [-0.05, 0) is 61.7 Å². The zero-order chi connectivity index (χ0) is 18.8. The van der Waals surface area contributed by atoms with E-state index >= 15 is 0 Å². The molecule has 0 aliphatic carbocycles. The van der Waals surface area contributed by atoms with Gasteiger partial charge in [0.25, 0.3) is 0 Å². The second kappa shape index (κ2) is 7.45. The normalized spacial score (nSPS) is 11.2. The maximum atomic E-state index is 12.4. The predicted molar refractivity (Wildman–Crippen MR) is 103 cm³/mol. The van der Waals surface area contributed by atoms with Gasteiger partial charge in [-0.15, -0.1) is 0 Å². The van der Waals surface area contributed by atoms with Crippen LogP contribution in [0.15, 0.2) is 36.4 Å². The van der Waals surface area contributed by atoms with E-state index in [2.05, 4.69) is 5.32 Å². The number of anilines is 2. The highest BCUT2D eigenvalue weighted by Crippen LogP contribution is 2.24. The van der Waals surface area contributed by atoms with Gasteiger partial charge in [-0.3, -0.25) is 9.10 Å². The molecule has 0 saturated heterocycles. The molecule has 0 unspecified atom stereocenters. The van der Waals surface area contributed by atoms with E-state index in [9.17, 15) is 13.2 Å². The molecule has 2 aromatic carbocycles. The van der Waals surface area contributed by atoms with Crippen LogP contribution in [-0.4, -0.2) is 27.1 Å². The molecule has 0 aliphatic heterocycles. The van der Waals surface area contributed by atoms with Crippen molar-refractivity contribution in [2.75, 3.05) is 22.4 Å². The van der Waals surface area contributed by atoms with Crippen LogP contribution in [0.4, 0.5) is 11.4 Å². The minimum Gasteiger partial charge on any atom is -0.324 e. The molecule has 2 rings (SSSR count). The van der Waals surface area contributed by atoms with Gasteiger partial charge in [-0.25, -0.2) is 8.42 Å². The highest BCUT2D eigenvalue weighted by atomic mass is 35.5. The van der Waals surface area contributed by atoms with E-state index < -0.39 is 15.9 Å². The van der Waals surface area contributed by atoms with Crippen molar-refractivity contribution >= 4 is 38.9 Å². The van der Waals surface area contributed by atoms with Gasteiger partial charge in [-0.1, -0.05) is 23.7 Å². The first-order chi connectivity index (χ1) is 11.6. The van der Waals surface area contributed by atoms with Crippen molar-refractivity contribution in [2.24, 2.45) is 0 Å². The maximum Gasteiger partial charge on any atom is 0.245 e. The van der Waals surface area contributed by atoms with E-state index in [1.54, 1.807) is 37.3 Å². The summed E-state index contributed by atoms with van der Waals surface area (Å²) in [7, 11) is -3.61. The molecule has 1 N–H and O–H groups in total. The van der Waals surface area contributed by atoms with E-state index in [4.69, 9.17) is 11.6 Å². The summed E-state index contributed by atoms with van der Waals surface area (Å²) in [6, 6.07) is 10.6. The molecule has 25 heavy (non-hydrogen) atoms. The maximum absolute atomic E-state index is 12.4. The Kier molecular flexibility index (Phi) is 5.75. The van der Waals surface area contributed by atoms with Crippen molar-refractivity contribution in [1.82, 2.24) is 0 Å². The molecule has 0 atom stereocenters. The summed E-state index contributed by atoms with van der Waals surface area (Å²) in [6.07, 6.45) is 1.09. The number of aryl methyl sites for hydroxylation is 2. The topological polar surface area (TPSA) is 66.5 Å². The van der Waals surface area contributed by atoms with Gasteiger partial charge in [0.2, 0.25) is 15.9 Å². The number of sulfonamides is 1. The summed E-state index contributed by atoms with van der Waals surface area (Å²) < 4.78 is 25.5. The largest absolute Gasteiger partial charge is 0.324 e. The zero-order valence-electron chi connectivity index (χ0n) is 14.6. The van der Waals surface area contributed by atoms with Crippen LogP contribution in [0.1, 0.15) is 16.7 Å². The van der Waals surface area contributed by atoms with E-state index in [1.165, 1.54) is 0 Å². The van der Waals surface area contributed by atoms with Gasteiger partial charge in [0.15, 0.2) is 0 Å². The number of carbonyl (C=O) groups is 1. The number of rotatable bonds is 5. The van der Waals surface area contributed by atoms with Gasteiger partial charge < -0.3 is 5.32 Å². The third kappa shape index (κ3) is 4.96. The summed E-state index contributed by atoms with van der Waals surface area (Å²) in [6.45, 7) is 5.24. The fourth-order valence-corrected chi connectivity index (χ4v) is 3.57. The number of hydrogen-bond donors (Lipinski definition) is 1. The number of benzene rings is 2. The van der Waals surface area contributed by atoms with Gasteiger partial charge in [0, 0.05) is 10.7 Å². The van der Waals surface area contributed by atoms with E-state index in [-0.39, 0.29) is 6.54 Å². The average molecular weight is 381 g/mol. The van der Waals surface area contributed by atoms with Gasteiger partial charge in [-0.2, -0.15) is 0 Å². The molecule has 0 fully saturated rings. The van der Waals surface area contributed by atoms with E-state index in [0.29, 0.717) is 16.4 Å². The predicted octanol–water partition coefficient (Wildman–Crippen LogP) is 3.67. The molecule has 2 aromatic rings. The molecule has 0 aliphatic rings. The van der Waals surface area contributed by atoms with Crippen molar-refractivity contribution in [3.05, 3.63) is 58.1 Å². The standard InChI is InChI=1S/C18H21ClN2O3S/c1-12-8-13(2)10-15(9-12)21(25(4,23)24)11-18(22)20-17-7-5-6-16(19)14(17)3/h5-10H,11H2,1-4H3,(H,20,22). The lowest BCUT2D eigenvalue weighted by molar-refractivity contribution is -0.114. The Balaban J connectivity index is 2.28.